The highest BCUT2D eigenvalue weighted by atomic mass is 32.2. The molecule has 0 amide bonds. The van der Waals surface area contributed by atoms with Gasteiger partial charge in [-0.25, -0.2) is 26.9 Å². The van der Waals surface area contributed by atoms with Crippen molar-refractivity contribution >= 4 is 26.3 Å². The molecule has 1 N–H and O–H groups in total. The fourth-order valence-electron chi connectivity index (χ4n) is 1.79. The van der Waals surface area contributed by atoms with Gasteiger partial charge in [0.15, 0.2) is 4.96 Å². The lowest BCUT2D eigenvalue weighted by atomic mass is 10.3. The molecule has 0 saturated carbocycles. The van der Waals surface area contributed by atoms with Crippen LogP contribution in [0.1, 0.15) is 5.69 Å². The Hall–Kier alpha value is -1.84. The van der Waals surface area contributed by atoms with Crippen LogP contribution in [-0.4, -0.2) is 17.8 Å². The monoisotopic (exact) mass is 329 g/mol. The Morgan fingerprint density at radius 1 is 1.33 bits per heavy atom. The van der Waals surface area contributed by atoms with E-state index in [-0.39, 0.29) is 6.54 Å². The van der Waals surface area contributed by atoms with Crippen molar-refractivity contribution < 1.29 is 17.2 Å². The van der Waals surface area contributed by atoms with Crippen LogP contribution in [0.15, 0.2) is 40.9 Å². The lowest BCUT2D eigenvalue weighted by molar-refractivity contribution is 0.545. The number of sulfonamides is 1. The summed E-state index contributed by atoms with van der Waals surface area (Å²) >= 11 is 1.41. The molecule has 21 heavy (non-hydrogen) atoms. The van der Waals surface area contributed by atoms with Crippen molar-refractivity contribution in [3.8, 4) is 0 Å². The Bertz CT molecular complexity index is 874. The van der Waals surface area contributed by atoms with Gasteiger partial charge >= 0.3 is 0 Å². The van der Waals surface area contributed by atoms with Gasteiger partial charge in [-0.05, 0) is 18.2 Å². The quantitative estimate of drug-likeness (QED) is 0.798. The SMILES string of the molecule is O=S(=O)(NCc1cn2ccsc2n1)c1cc(F)ccc1F. The molecule has 0 aliphatic heterocycles. The van der Waals surface area contributed by atoms with Crippen LogP contribution in [0.3, 0.4) is 0 Å². The molecule has 1 aromatic carbocycles. The Balaban J connectivity index is 1.82. The molecule has 0 aliphatic carbocycles. The molecule has 2 heterocycles. The summed E-state index contributed by atoms with van der Waals surface area (Å²) in [5.41, 5.74) is 0.488. The number of imidazole rings is 1. The molecule has 0 fully saturated rings. The van der Waals surface area contributed by atoms with Crippen molar-refractivity contribution in [3.63, 3.8) is 0 Å². The van der Waals surface area contributed by atoms with Gasteiger partial charge in [-0.1, -0.05) is 0 Å². The van der Waals surface area contributed by atoms with Gasteiger partial charge in [0, 0.05) is 17.8 Å². The molecular formula is C12H9F2N3O2S2. The van der Waals surface area contributed by atoms with Gasteiger partial charge in [-0.15, -0.1) is 11.3 Å². The summed E-state index contributed by atoms with van der Waals surface area (Å²) in [6.45, 7) is -0.104. The van der Waals surface area contributed by atoms with Crippen LogP contribution < -0.4 is 4.72 Å². The molecule has 0 saturated heterocycles. The minimum Gasteiger partial charge on any atom is -0.297 e. The number of hydrogen-bond donors (Lipinski definition) is 1. The van der Waals surface area contributed by atoms with E-state index in [9.17, 15) is 17.2 Å². The fourth-order valence-corrected chi connectivity index (χ4v) is 3.60. The van der Waals surface area contributed by atoms with Crippen molar-refractivity contribution in [2.24, 2.45) is 0 Å². The van der Waals surface area contributed by atoms with Gasteiger partial charge in [-0.2, -0.15) is 0 Å². The molecule has 0 spiro atoms. The van der Waals surface area contributed by atoms with Gasteiger partial charge in [0.2, 0.25) is 10.0 Å². The average molecular weight is 329 g/mol. The minimum absolute atomic E-state index is 0.104. The Kier molecular flexibility index (Phi) is 3.47. The largest absolute Gasteiger partial charge is 0.297 e. The smallest absolute Gasteiger partial charge is 0.243 e. The first-order chi connectivity index (χ1) is 9.95. The Morgan fingerprint density at radius 3 is 2.90 bits per heavy atom. The van der Waals surface area contributed by atoms with Crippen LogP contribution in [-0.2, 0) is 16.6 Å². The highest BCUT2D eigenvalue weighted by Crippen LogP contribution is 2.16. The zero-order chi connectivity index (χ0) is 15.0. The third-order valence-electron chi connectivity index (χ3n) is 2.77. The summed E-state index contributed by atoms with van der Waals surface area (Å²) in [7, 11) is -4.14. The first kappa shape index (κ1) is 14.1. The third-order valence-corrected chi connectivity index (χ3v) is 4.96. The molecule has 3 aromatic rings. The number of halogens is 2. The summed E-state index contributed by atoms with van der Waals surface area (Å²) in [5.74, 6) is -1.82. The van der Waals surface area contributed by atoms with Gasteiger partial charge < -0.3 is 0 Å². The van der Waals surface area contributed by atoms with Crippen molar-refractivity contribution in [1.82, 2.24) is 14.1 Å². The van der Waals surface area contributed by atoms with Gasteiger partial charge in [0.25, 0.3) is 0 Å². The van der Waals surface area contributed by atoms with Crippen LogP contribution in [0.4, 0.5) is 8.78 Å². The van der Waals surface area contributed by atoms with E-state index >= 15 is 0 Å². The molecule has 0 aliphatic rings. The van der Waals surface area contributed by atoms with Crippen LogP contribution in [0.5, 0.6) is 0 Å². The van der Waals surface area contributed by atoms with Crippen molar-refractivity contribution in [3.05, 3.63) is 53.3 Å². The summed E-state index contributed by atoms with van der Waals surface area (Å²) in [6, 6.07) is 2.28. The van der Waals surface area contributed by atoms with Gasteiger partial charge in [0.05, 0.1) is 12.2 Å². The lowest BCUT2D eigenvalue weighted by Gasteiger charge is -2.06. The highest BCUT2D eigenvalue weighted by molar-refractivity contribution is 7.89. The first-order valence-corrected chi connectivity index (χ1v) is 8.18. The molecule has 0 bridgehead atoms. The summed E-state index contributed by atoms with van der Waals surface area (Å²) in [5, 5.41) is 1.85. The fraction of sp³-hybridized carbons (Fsp3) is 0.0833. The number of nitrogens with one attached hydrogen (secondary N) is 1. The Morgan fingerprint density at radius 2 is 2.14 bits per heavy atom. The van der Waals surface area contributed by atoms with E-state index in [1.54, 1.807) is 16.8 Å². The maximum absolute atomic E-state index is 13.5. The number of benzene rings is 1. The number of thiazole rings is 1. The van der Waals surface area contributed by atoms with Crippen LogP contribution >= 0.6 is 11.3 Å². The van der Waals surface area contributed by atoms with E-state index < -0.39 is 26.6 Å². The maximum Gasteiger partial charge on any atom is 0.243 e. The molecule has 2 aromatic heterocycles. The zero-order valence-electron chi connectivity index (χ0n) is 10.5. The number of aromatic nitrogens is 2. The van der Waals surface area contributed by atoms with Crippen molar-refractivity contribution in [2.75, 3.05) is 0 Å². The molecule has 5 nitrogen and oxygen atoms in total. The molecular weight excluding hydrogens is 320 g/mol. The van der Waals surface area contributed by atoms with Crippen molar-refractivity contribution in [2.45, 2.75) is 11.4 Å². The van der Waals surface area contributed by atoms with Crippen LogP contribution in [0.2, 0.25) is 0 Å². The highest BCUT2D eigenvalue weighted by Gasteiger charge is 2.20. The van der Waals surface area contributed by atoms with Gasteiger partial charge in [-0.3, -0.25) is 4.40 Å². The maximum atomic E-state index is 13.5. The predicted molar refractivity (Wildman–Crippen MR) is 73.5 cm³/mol. The summed E-state index contributed by atoms with van der Waals surface area (Å²) in [6.07, 6.45) is 3.45. The molecule has 0 unspecified atom stereocenters. The first-order valence-electron chi connectivity index (χ1n) is 5.81. The van der Waals surface area contributed by atoms with Gasteiger partial charge in [0.1, 0.15) is 16.5 Å². The van der Waals surface area contributed by atoms with E-state index in [4.69, 9.17) is 0 Å². The number of rotatable bonds is 4. The zero-order valence-corrected chi connectivity index (χ0v) is 12.1. The minimum atomic E-state index is -4.14. The van der Waals surface area contributed by atoms with E-state index in [1.165, 1.54) is 11.3 Å². The Labute approximate surface area is 122 Å². The topological polar surface area (TPSA) is 63.5 Å². The second-order valence-electron chi connectivity index (χ2n) is 4.22. The molecule has 0 atom stereocenters. The van der Waals surface area contributed by atoms with Crippen molar-refractivity contribution in [1.29, 1.82) is 0 Å². The molecule has 9 heteroatoms. The van der Waals surface area contributed by atoms with Crippen LogP contribution in [0, 0.1) is 11.6 Å². The van der Waals surface area contributed by atoms with E-state index in [0.29, 0.717) is 11.8 Å². The summed E-state index contributed by atoms with van der Waals surface area (Å²) in [4.78, 5) is 4.20. The predicted octanol–water partition coefficient (Wildman–Crippen LogP) is 2.15. The van der Waals surface area contributed by atoms with E-state index in [1.807, 2.05) is 5.38 Å². The van der Waals surface area contributed by atoms with E-state index in [0.717, 1.165) is 17.1 Å². The molecule has 0 radical (unpaired) electrons. The average Bonchev–Trinajstić information content (AvgIpc) is 3.00. The van der Waals surface area contributed by atoms with Crippen LogP contribution in [0.25, 0.3) is 4.96 Å². The standard InChI is InChI=1S/C12H9F2N3O2S2/c13-8-1-2-10(14)11(5-8)21(18,19)15-6-9-7-17-3-4-20-12(17)16-9/h1-5,7,15H,6H2. The van der Waals surface area contributed by atoms with E-state index in [2.05, 4.69) is 9.71 Å². The molecule has 3 rings (SSSR count). The number of nitrogens with zero attached hydrogens (tertiary/aromatic N) is 2. The number of hydrogen-bond acceptors (Lipinski definition) is 4. The normalized spacial score (nSPS) is 12.1. The summed E-state index contributed by atoms with van der Waals surface area (Å²) < 4.78 is 54.5. The molecule has 110 valence electrons. The number of fused-ring (bicyclic) bond motifs is 1. The second kappa shape index (κ2) is 5.17. The lowest BCUT2D eigenvalue weighted by Crippen LogP contribution is -2.24. The third kappa shape index (κ3) is 2.80. The second-order valence-corrected chi connectivity index (χ2v) is 6.83.